The molecule has 3 fully saturated rings. The molecule has 4 rings (SSSR count). The Balaban J connectivity index is 1.48. The van der Waals surface area contributed by atoms with Gasteiger partial charge >= 0.3 is 0 Å². The molecule has 1 aromatic rings. The molecule has 1 aliphatic heterocycles. The second-order valence-corrected chi connectivity index (χ2v) is 10.9. The monoisotopic (exact) mass is 406 g/mol. The number of benzene rings is 1. The molecular weight excluding hydrogens is 376 g/mol. The number of para-hydroxylation sites is 2. The first-order valence-corrected chi connectivity index (χ1v) is 11.7. The Morgan fingerprint density at radius 2 is 1.82 bits per heavy atom. The summed E-state index contributed by atoms with van der Waals surface area (Å²) in [6.07, 6.45) is 2.23. The van der Waals surface area contributed by atoms with Crippen molar-refractivity contribution in [2.24, 2.45) is 16.7 Å². The average Bonchev–Trinajstić information content (AvgIpc) is 3.02. The normalized spacial score (nSPS) is 30.0. The summed E-state index contributed by atoms with van der Waals surface area (Å²) in [6.45, 7) is 6.29. The van der Waals surface area contributed by atoms with E-state index in [0.29, 0.717) is 44.9 Å². The van der Waals surface area contributed by atoms with E-state index in [4.69, 9.17) is 4.74 Å². The highest BCUT2D eigenvalue weighted by molar-refractivity contribution is 7.89. The van der Waals surface area contributed by atoms with Gasteiger partial charge in [-0.05, 0) is 36.3 Å². The number of Topliss-reactive ketones (excluding diaryl/α,β-unsaturated/α-hetero) is 1. The van der Waals surface area contributed by atoms with Gasteiger partial charge in [-0.25, -0.2) is 8.42 Å². The Labute approximate surface area is 167 Å². The van der Waals surface area contributed by atoms with E-state index in [9.17, 15) is 13.2 Å². The number of nitrogens with zero attached hydrogens (tertiary/aromatic N) is 2. The number of fused-ring (bicyclic) bond motifs is 2. The van der Waals surface area contributed by atoms with Gasteiger partial charge in [0.1, 0.15) is 11.5 Å². The molecule has 1 aromatic carbocycles. The number of hydrogen-bond acceptors (Lipinski definition) is 5. The molecule has 7 heteroatoms. The van der Waals surface area contributed by atoms with Crippen molar-refractivity contribution in [2.45, 2.75) is 33.1 Å². The highest BCUT2D eigenvalue weighted by Crippen LogP contribution is 2.64. The molecule has 154 valence electrons. The van der Waals surface area contributed by atoms with Crippen LogP contribution in [0.3, 0.4) is 0 Å². The quantitative estimate of drug-likeness (QED) is 0.752. The lowest BCUT2D eigenvalue weighted by Crippen LogP contribution is -2.52. The van der Waals surface area contributed by atoms with E-state index in [0.717, 1.165) is 17.9 Å². The van der Waals surface area contributed by atoms with Crippen molar-refractivity contribution in [3.05, 3.63) is 24.3 Å². The lowest BCUT2D eigenvalue weighted by Gasteiger charge is -2.40. The summed E-state index contributed by atoms with van der Waals surface area (Å²) in [5.41, 5.74) is 0.0681. The fourth-order valence-corrected chi connectivity index (χ4v) is 7.81. The summed E-state index contributed by atoms with van der Waals surface area (Å²) < 4.78 is 33.5. The Morgan fingerprint density at radius 3 is 2.39 bits per heavy atom. The van der Waals surface area contributed by atoms with Gasteiger partial charge in [0.2, 0.25) is 10.0 Å². The number of hydrogen-bond donors (Lipinski definition) is 0. The van der Waals surface area contributed by atoms with Gasteiger partial charge in [0.05, 0.1) is 18.6 Å². The Morgan fingerprint density at radius 1 is 1.14 bits per heavy atom. The highest BCUT2D eigenvalue weighted by atomic mass is 32.2. The van der Waals surface area contributed by atoms with Crippen LogP contribution in [0.25, 0.3) is 0 Å². The number of carbonyl (C=O) groups excluding carboxylic acids is 1. The van der Waals surface area contributed by atoms with E-state index >= 15 is 0 Å². The van der Waals surface area contributed by atoms with E-state index in [1.54, 1.807) is 11.4 Å². The van der Waals surface area contributed by atoms with Gasteiger partial charge < -0.3 is 9.64 Å². The van der Waals surface area contributed by atoms with Crippen molar-refractivity contribution in [1.82, 2.24) is 4.31 Å². The summed E-state index contributed by atoms with van der Waals surface area (Å²) >= 11 is 0. The third kappa shape index (κ3) is 2.86. The molecule has 2 saturated carbocycles. The minimum atomic E-state index is -3.48. The largest absolute Gasteiger partial charge is 0.495 e. The van der Waals surface area contributed by atoms with Crippen LogP contribution in [0.1, 0.15) is 33.1 Å². The topological polar surface area (TPSA) is 66.9 Å². The van der Waals surface area contributed by atoms with Gasteiger partial charge in [-0.15, -0.1) is 0 Å². The van der Waals surface area contributed by atoms with Crippen LogP contribution in [0.2, 0.25) is 0 Å². The standard InChI is InChI=1S/C21H30N2O4S/c1-20(2)16-8-9-21(20,19(24)14-16)15-28(25,26)23-12-10-22(11-13-23)17-6-4-5-7-18(17)27-3/h4-7,16H,8-15H2,1-3H3/t16-,21-/m0/s1. The van der Waals surface area contributed by atoms with E-state index in [1.807, 2.05) is 24.3 Å². The van der Waals surface area contributed by atoms with Crippen LogP contribution in [0, 0.1) is 16.7 Å². The molecule has 0 amide bonds. The van der Waals surface area contributed by atoms with Gasteiger partial charge in [0.15, 0.2) is 0 Å². The fraction of sp³-hybridized carbons (Fsp3) is 0.667. The van der Waals surface area contributed by atoms with Crippen molar-refractivity contribution in [2.75, 3.05) is 43.9 Å². The maximum absolute atomic E-state index is 13.3. The number of sulfonamides is 1. The van der Waals surface area contributed by atoms with Crippen LogP contribution in [-0.4, -0.2) is 57.5 Å². The summed E-state index contributed by atoms with van der Waals surface area (Å²) in [4.78, 5) is 14.9. The number of ketones is 1. The maximum atomic E-state index is 13.3. The molecule has 0 unspecified atom stereocenters. The molecule has 0 radical (unpaired) electrons. The van der Waals surface area contributed by atoms with Gasteiger partial charge in [0.25, 0.3) is 0 Å². The molecule has 0 N–H and O–H groups in total. The first-order valence-electron chi connectivity index (χ1n) is 10.1. The number of methoxy groups -OCH3 is 1. The fourth-order valence-electron chi connectivity index (χ4n) is 5.61. The molecular formula is C21H30N2O4S. The van der Waals surface area contributed by atoms with E-state index < -0.39 is 15.4 Å². The predicted octanol–water partition coefficient (Wildman–Crippen LogP) is 2.54. The molecule has 0 spiro atoms. The van der Waals surface area contributed by atoms with Gasteiger partial charge in [-0.2, -0.15) is 4.31 Å². The van der Waals surface area contributed by atoms with Crippen molar-refractivity contribution in [3.8, 4) is 5.75 Å². The summed E-state index contributed by atoms with van der Waals surface area (Å²) in [5.74, 6) is 1.26. The zero-order chi connectivity index (χ0) is 20.2. The lowest BCUT2D eigenvalue weighted by atomic mass is 9.70. The molecule has 2 aliphatic carbocycles. The second kappa shape index (κ2) is 6.73. The molecule has 2 atom stereocenters. The summed E-state index contributed by atoms with van der Waals surface area (Å²) in [6, 6.07) is 7.81. The first-order chi connectivity index (χ1) is 13.2. The van der Waals surface area contributed by atoms with Crippen molar-refractivity contribution >= 4 is 21.5 Å². The van der Waals surface area contributed by atoms with Crippen LogP contribution in [0.5, 0.6) is 5.75 Å². The molecule has 1 heterocycles. The molecule has 28 heavy (non-hydrogen) atoms. The zero-order valence-electron chi connectivity index (χ0n) is 17.0. The van der Waals surface area contributed by atoms with Crippen LogP contribution in [0.15, 0.2) is 24.3 Å². The predicted molar refractivity (Wildman–Crippen MR) is 109 cm³/mol. The molecule has 0 aromatic heterocycles. The van der Waals surface area contributed by atoms with Crippen LogP contribution < -0.4 is 9.64 Å². The molecule has 3 aliphatic rings. The molecule has 2 bridgehead atoms. The van der Waals surface area contributed by atoms with Crippen LogP contribution in [-0.2, 0) is 14.8 Å². The van der Waals surface area contributed by atoms with Gasteiger partial charge in [-0.1, -0.05) is 26.0 Å². The molecule has 1 saturated heterocycles. The summed E-state index contributed by atoms with van der Waals surface area (Å²) in [7, 11) is -1.83. The van der Waals surface area contributed by atoms with Gasteiger partial charge in [0, 0.05) is 38.0 Å². The van der Waals surface area contributed by atoms with Crippen LogP contribution >= 0.6 is 0 Å². The lowest BCUT2D eigenvalue weighted by molar-refractivity contribution is -0.128. The number of carbonyl (C=O) groups is 1. The van der Waals surface area contributed by atoms with Gasteiger partial charge in [-0.3, -0.25) is 4.79 Å². The number of rotatable bonds is 5. The van der Waals surface area contributed by atoms with E-state index in [1.165, 1.54) is 0 Å². The second-order valence-electron chi connectivity index (χ2n) is 8.98. The number of anilines is 1. The average molecular weight is 407 g/mol. The maximum Gasteiger partial charge on any atom is 0.215 e. The van der Waals surface area contributed by atoms with Crippen LogP contribution in [0.4, 0.5) is 5.69 Å². The Hall–Kier alpha value is -1.60. The Kier molecular flexibility index (Phi) is 4.74. The third-order valence-electron chi connectivity index (χ3n) is 7.63. The first kappa shape index (κ1) is 19.7. The number of piperazine rings is 1. The Bertz CT molecular complexity index is 874. The van der Waals surface area contributed by atoms with E-state index in [-0.39, 0.29) is 17.0 Å². The van der Waals surface area contributed by atoms with E-state index in [2.05, 4.69) is 18.7 Å². The smallest absolute Gasteiger partial charge is 0.215 e. The minimum absolute atomic E-state index is 0.0308. The zero-order valence-corrected chi connectivity index (χ0v) is 17.8. The summed E-state index contributed by atoms with van der Waals surface area (Å²) in [5, 5.41) is 0. The third-order valence-corrected chi connectivity index (χ3v) is 9.64. The SMILES string of the molecule is COc1ccccc1N1CCN(S(=O)(=O)C[C@@]23CC[C@@H](CC2=O)C3(C)C)CC1. The minimum Gasteiger partial charge on any atom is -0.495 e. The molecule has 6 nitrogen and oxygen atoms in total. The highest BCUT2D eigenvalue weighted by Gasteiger charge is 2.65. The number of ether oxygens (including phenoxy) is 1. The van der Waals surface area contributed by atoms with Crippen molar-refractivity contribution in [1.29, 1.82) is 0 Å². The van der Waals surface area contributed by atoms with Crippen molar-refractivity contribution in [3.63, 3.8) is 0 Å². The van der Waals surface area contributed by atoms with Crippen molar-refractivity contribution < 1.29 is 17.9 Å².